The Bertz CT molecular complexity index is 429. The third-order valence-electron chi connectivity index (χ3n) is 3.04. The van der Waals surface area contributed by atoms with Gasteiger partial charge in [-0.1, -0.05) is 0 Å². The summed E-state index contributed by atoms with van der Waals surface area (Å²) in [5.74, 6) is 0.172. The largest absolute Gasteiger partial charge is 0.384 e. The number of nitrogens with zero attached hydrogens (tertiary/aromatic N) is 2. The van der Waals surface area contributed by atoms with E-state index in [-0.39, 0.29) is 5.91 Å². The van der Waals surface area contributed by atoms with E-state index in [4.69, 9.17) is 0 Å². The van der Waals surface area contributed by atoms with Gasteiger partial charge in [-0.2, -0.15) is 0 Å². The highest BCUT2D eigenvalue weighted by Crippen LogP contribution is 2.29. The second-order valence-electron chi connectivity index (χ2n) is 4.70. The van der Waals surface area contributed by atoms with Gasteiger partial charge in [-0.15, -0.1) is 0 Å². The quantitative estimate of drug-likeness (QED) is 0.848. The number of carbonyl (C=O) groups is 1. The maximum Gasteiger partial charge on any atom is 0.231 e. The smallest absolute Gasteiger partial charge is 0.231 e. The van der Waals surface area contributed by atoms with Crippen molar-refractivity contribution in [2.75, 3.05) is 44.4 Å². The van der Waals surface area contributed by atoms with Gasteiger partial charge in [0.1, 0.15) is 0 Å². The number of amides is 1. The predicted molar refractivity (Wildman–Crippen MR) is 70.6 cm³/mol. The predicted octanol–water partition coefficient (Wildman–Crippen LogP) is 1.18. The SMILES string of the molecule is CN(C)CCNc1ccc2c(c1)CC(=O)N2C. The van der Waals surface area contributed by atoms with Crippen molar-refractivity contribution >= 4 is 17.3 Å². The first-order valence-corrected chi connectivity index (χ1v) is 5.86. The normalized spacial score (nSPS) is 14.4. The molecule has 0 aromatic heterocycles. The number of nitrogens with one attached hydrogen (secondary N) is 1. The molecule has 0 saturated heterocycles. The average molecular weight is 233 g/mol. The molecule has 17 heavy (non-hydrogen) atoms. The zero-order valence-electron chi connectivity index (χ0n) is 10.7. The molecule has 0 spiro atoms. The first-order valence-electron chi connectivity index (χ1n) is 5.86. The molecule has 1 N–H and O–H groups in total. The average Bonchev–Trinajstić information content (AvgIpc) is 2.54. The van der Waals surface area contributed by atoms with E-state index in [1.54, 1.807) is 4.90 Å². The Morgan fingerprint density at radius 2 is 2.18 bits per heavy atom. The van der Waals surface area contributed by atoms with Crippen molar-refractivity contribution in [3.05, 3.63) is 23.8 Å². The van der Waals surface area contributed by atoms with Crippen molar-refractivity contribution in [1.29, 1.82) is 0 Å². The van der Waals surface area contributed by atoms with Gasteiger partial charge in [-0.25, -0.2) is 0 Å². The van der Waals surface area contributed by atoms with Crippen LogP contribution in [0.3, 0.4) is 0 Å². The summed E-state index contributed by atoms with van der Waals surface area (Å²) in [5, 5.41) is 3.36. The summed E-state index contributed by atoms with van der Waals surface area (Å²) in [6.07, 6.45) is 0.523. The van der Waals surface area contributed by atoms with Gasteiger partial charge in [0.25, 0.3) is 0 Å². The molecule has 0 unspecified atom stereocenters. The van der Waals surface area contributed by atoms with Gasteiger partial charge in [-0.05, 0) is 37.9 Å². The van der Waals surface area contributed by atoms with Crippen LogP contribution >= 0.6 is 0 Å². The number of carbonyl (C=O) groups excluding carboxylic acids is 1. The first kappa shape index (κ1) is 11.9. The number of likely N-dealkylation sites (N-methyl/N-ethyl adjacent to an activating group) is 2. The van der Waals surface area contributed by atoms with Gasteiger partial charge in [0.2, 0.25) is 5.91 Å². The molecule has 4 nitrogen and oxygen atoms in total. The molecule has 0 radical (unpaired) electrons. The molecule has 92 valence electrons. The third-order valence-corrected chi connectivity index (χ3v) is 3.04. The number of hydrogen-bond acceptors (Lipinski definition) is 3. The lowest BCUT2D eigenvalue weighted by molar-refractivity contribution is -0.117. The Kier molecular flexibility index (Phi) is 3.33. The Morgan fingerprint density at radius 3 is 2.88 bits per heavy atom. The summed E-state index contributed by atoms with van der Waals surface area (Å²) in [6, 6.07) is 6.12. The molecule has 1 aliphatic rings. The molecule has 4 heteroatoms. The molecule has 1 amide bonds. The maximum absolute atomic E-state index is 11.5. The molecule has 2 rings (SSSR count). The number of fused-ring (bicyclic) bond motifs is 1. The number of hydrogen-bond donors (Lipinski definition) is 1. The van der Waals surface area contributed by atoms with E-state index in [0.717, 1.165) is 30.0 Å². The minimum absolute atomic E-state index is 0.172. The Labute approximate surface area is 102 Å². The number of rotatable bonds is 4. The van der Waals surface area contributed by atoms with Crippen LogP contribution in [0, 0.1) is 0 Å². The first-order chi connectivity index (χ1) is 8.08. The fourth-order valence-corrected chi connectivity index (χ4v) is 2.00. The van der Waals surface area contributed by atoms with Crippen molar-refractivity contribution in [1.82, 2.24) is 4.90 Å². The summed E-state index contributed by atoms with van der Waals surface area (Å²) in [5.41, 5.74) is 3.24. The van der Waals surface area contributed by atoms with Gasteiger partial charge < -0.3 is 15.1 Å². The second kappa shape index (κ2) is 4.75. The van der Waals surface area contributed by atoms with Gasteiger partial charge >= 0.3 is 0 Å². The summed E-state index contributed by atoms with van der Waals surface area (Å²) in [4.78, 5) is 15.4. The molecule has 1 heterocycles. The maximum atomic E-state index is 11.5. The molecule has 1 aliphatic heterocycles. The fourth-order valence-electron chi connectivity index (χ4n) is 2.00. The van der Waals surface area contributed by atoms with Crippen LogP contribution in [0.4, 0.5) is 11.4 Å². The monoisotopic (exact) mass is 233 g/mol. The zero-order chi connectivity index (χ0) is 12.4. The molecule has 0 aliphatic carbocycles. The van der Waals surface area contributed by atoms with Crippen molar-refractivity contribution < 1.29 is 4.79 Å². The van der Waals surface area contributed by atoms with E-state index >= 15 is 0 Å². The van der Waals surface area contributed by atoms with Crippen molar-refractivity contribution in [2.24, 2.45) is 0 Å². The van der Waals surface area contributed by atoms with Crippen molar-refractivity contribution in [2.45, 2.75) is 6.42 Å². The van der Waals surface area contributed by atoms with Gasteiger partial charge in [0.05, 0.1) is 6.42 Å². The topological polar surface area (TPSA) is 35.6 Å². The molecule has 0 bridgehead atoms. The molecule has 0 fully saturated rings. The van der Waals surface area contributed by atoms with Crippen LogP contribution in [-0.4, -0.2) is 45.0 Å². The number of anilines is 2. The van der Waals surface area contributed by atoms with E-state index < -0.39 is 0 Å². The summed E-state index contributed by atoms with van der Waals surface area (Å²) in [6.45, 7) is 1.91. The van der Waals surface area contributed by atoms with Gasteiger partial charge in [0.15, 0.2) is 0 Å². The fraction of sp³-hybridized carbons (Fsp3) is 0.462. The van der Waals surface area contributed by atoms with Crippen LogP contribution in [0.25, 0.3) is 0 Å². The lowest BCUT2D eigenvalue weighted by Crippen LogP contribution is -2.21. The Balaban J connectivity index is 2.03. The van der Waals surface area contributed by atoms with E-state index in [1.165, 1.54) is 0 Å². The Morgan fingerprint density at radius 1 is 1.41 bits per heavy atom. The Hall–Kier alpha value is -1.55. The third kappa shape index (κ3) is 2.58. The van der Waals surface area contributed by atoms with E-state index in [0.29, 0.717) is 6.42 Å². The zero-order valence-corrected chi connectivity index (χ0v) is 10.7. The minimum Gasteiger partial charge on any atom is -0.384 e. The van der Waals surface area contributed by atoms with Crippen LogP contribution in [0.1, 0.15) is 5.56 Å². The van der Waals surface area contributed by atoms with Crippen LogP contribution < -0.4 is 10.2 Å². The highest BCUT2D eigenvalue weighted by molar-refractivity contribution is 6.01. The van der Waals surface area contributed by atoms with E-state index in [2.05, 4.69) is 30.4 Å². The highest BCUT2D eigenvalue weighted by Gasteiger charge is 2.23. The lowest BCUT2D eigenvalue weighted by Gasteiger charge is -2.13. The van der Waals surface area contributed by atoms with Crippen LogP contribution in [-0.2, 0) is 11.2 Å². The van der Waals surface area contributed by atoms with Crippen LogP contribution in [0.5, 0.6) is 0 Å². The van der Waals surface area contributed by atoms with E-state index in [1.807, 2.05) is 19.2 Å². The minimum atomic E-state index is 0.172. The molecule has 1 aromatic carbocycles. The van der Waals surface area contributed by atoms with E-state index in [9.17, 15) is 4.79 Å². The van der Waals surface area contributed by atoms with Crippen LogP contribution in [0.2, 0.25) is 0 Å². The molecule has 0 saturated carbocycles. The standard InChI is InChI=1S/C13H19N3O/c1-15(2)7-6-14-11-4-5-12-10(8-11)9-13(17)16(12)3/h4-5,8,14H,6-7,9H2,1-3H3. The van der Waals surface area contributed by atoms with Gasteiger partial charge in [0, 0.05) is 31.5 Å². The second-order valence-corrected chi connectivity index (χ2v) is 4.70. The van der Waals surface area contributed by atoms with Crippen LogP contribution in [0.15, 0.2) is 18.2 Å². The number of benzene rings is 1. The molecule has 0 atom stereocenters. The van der Waals surface area contributed by atoms with Gasteiger partial charge in [-0.3, -0.25) is 4.79 Å². The summed E-state index contributed by atoms with van der Waals surface area (Å²) >= 11 is 0. The molecular weight excluding hydrogens is 214 g/mol. The summed E-state index contributed by atoms with van der Waals surface area (Å²) in [7, 11) is 5.93. The van der Waals surface area contributed by atoms with Crippen molar-refractivity contribution in [3.63, 3.8) is 0 Å². The highest BCUT2D eigenvalue weighted by atomic mass is 16.2. The lowest BCUT2D eigenvalue weighted by atomic mass is 10.1. The summed E-state index contributed by atoms with van der Waals surface area (Å²) < 4.78 is 0. The molecular formula is C13H19N3O. The van der Waals surface area contributed by atoms with Crippen molar-refractivity contribution in [3.8, 4) is 0 Å². The molecule has 1 aromatic rings.